The predicted octanol–water partition coefficient (Wildman–Crippen LogP) is 1.43. The summed E-state index contributed by atoms with van der Waals surface area (Å²) < 4.78 is 37.8. The molecule has 1 fully saturated rings. The highest BCUT2D eigenvalue weighted by molar-refractivity contribution is 7.89. The second-order valence-electron chi connectivity index (χ2n) is 5.62. The summed E-state index contributed by atoms with van der Waals surface area (Å²) >= 11 is 0. The van der Waals surface area contributed by atoms with Gasteiger partial charge in [0.25, 0.3) is 0 Å². The van der Waals surface area contributed by atoms with Gasteiger partial charge < -0.3 is 9.15 Å². The Morgan fingerprint density at radius 3 is 2.61 bits per heavy atom. The van der Waals surface area contributed by atoms with E-state index in [0.717, 1.165) is 0 Å². The van der Waals surface area contributed by atoms with Crippen molar-refractivity contribution >= 4 is 10.0 Å². The third kappa shape index (κ3) is 3.15. The quantitative estimate of drug-likeness (QED) is 0.820. The Morgan fingerprint density at radius 2 is 2.00 bits per heavy atom. The van der Waals surface area contributed by atoms with Gasteiger partial charge in [0.15, 0.2) is 0 Å². The number of aryl methyl sites for hydroxylation is 1. The SMILES string of the molecule is COC[C@@H]1CN(S(=O)(=O)c2ccccc2)C[C@H]1c1nnc(C)o1. The van der Waals surface area contributed by atoms with Gasteiger partial charge in [0.1, 0.15) is 0 Å². The molecule has 0 amide bonds. The molecule has 0 bridgehead atoms. The lowest BCUT2D eigenvalue weighted by Gasteiger charge is -2.16. The molecule has 1 saturated heterocycles. The first-order chi connectivity index (χ1) is 11.0. The van der Waals surface area contributed by atoms with Gasteiger partial charge in [-0.3, -0.25) is 0 Å². The number of benzene rings is 1. The first-order valence-corrected chi connectivity index (χ1v) is 8.80. The zero-order valence-corrected chi connectivity index (χ0v) is 13.9. The standard InChI is InChI=1S/C15H19N3O4S/c1-11-16-17-15(22-11)14-9-18(8-12(14)10-21-2)23(19,20)13-6-4-3-5-7-13/h3-7,12,14H,8-10H2,1-2H3/t12-,14+/m0/s1. The van der Waals surface area contributed by atoms with Gasteiger partial charge in [-0.05, 0) is 12.1 Å². The fourth-order valence-corrected chi connectivity index (χ4v) is 4.44. The molecular weight excluding hydrogens is 318 g/mol. The Kier molecular flexibility index (Phi) is 4.47. The molecule has 124 valence electrons. The molecule has 0 saturated carbocycles. The normalized spacial score (nSPS) is 22.5. The highest BCUT2D eigenvalue weighted by Crippen LogP contribution is 2.35. The van der Waals surface area contributed by atoms with Crippen LogP contribution in [0.5, 0.6) is 0 Å². The first-order valence-electron chi connectivity index (χ1n) is 7.36. The smallest absolute Gasteiger partial charge is 0.243 e. The third-order valence-corrected chi connectivity index (χ3v) is 5.87. The fourth-order valence-electron chi connectivity index (χ4n) is 2.89. The van der Waals surface area contributed by atoms with Crippen LogP contribution in [0.1, 0.15) is 17.7 Å². The monoisotopic (exact) mass is 337 g/mol. The Balaban J connectivity index is 1.88. The van der Waals surface area contributed by atoms with Crippen LogP contribution in [0.25, 0.3) is 0 Å². The number of rotatable bonds is 5. The van der Waals surface area contributed by atoms with Crippen molar-refractivity contribution in [3.8, 4) is 0 Å². The lowest BCUT2D eigenvalue weighted by molar-refractivity contribution is 0.146. The van der Waals surface area contributed by atoms with Crippen molar-refractivity contribution < 1.29 is 17.6 Å². The van der Waals surface area contributed by atoms with E-state index >= 15 is 0 Å². The van der Waals surface area contributed by atoms with Gasteiger partial charge in [-0.1, -0.05) is 18.2 Å². The molecule has 0 N–H and O–H groups in total. The molecule has 0 aliphatic carbocycles. The molecule has 2 heterocycles. The highest BCUT2D eigenvalue weighted by atomic mass is 32.2. The molecule has 0 radical (unpaired) electrons. The minimum Gasteiger partial charge on any atom is -0.425 e. The van der Waals surface area contributed by atoms with E-state index in [4.69, 9.17) is 9.15 Å². The minimum absolute atomic E-state index is 0.0154. The first kappa shape index (κ1) is 16.1. The Hall–Kier alpha value is -1.77. The molecule has 1 aromatic carbocycles. The van der Waals surface area contributed by atoms with E-state index in [9.17, 15) is 8.42 Å². The van der Waals surface area contributed by atoms with Crippen LogP contribution in [0.15, 0.2) is 39.6 Å². The molecule has 1 aliphatic heterocycles. The van der Waals surface area contributed by atoms with E-state index < -0.39 is 10.0 Å². The van der Waals surface area contributed by atoms with Gasteiger partial charge in [0.05, 0.1) is 17.4 Å². The number of methoxy groups -OCH3 is 1. The van der Waals surface area contributed by atoms with Crippen LogP contribution in [0.2, 0.25) is 0 Å². The van der Waals surface area contributed by atoms with E-state index in [-0.39, 0.29) is 11.8 Å². The summed E-state index contributed by atoms with van der Waals surface area (Å²) in [6, 6.07) is 8.43. The van der Waals surface area contributed by atoms with Crippen molar-refractivity contribution in [2.24, 2.45) is 5.92 Å². The van der Waals surface area contributed by atoms with Crippen LogP contribution in [0.3, 0.4) is 0 Å². The van der Waals surface area contributed by atoms with Gasteiger partial charge in [0.2, 0.25) is 21.8 Å². The Labute approximate surface area is 135 Å². The summed E-state index contributed by atoms with van der Waals surface area (Å²) in [5.74, 6) is 0.767. The summed E-state index contributed by atoms with van der Waals surface area (Å²) in [7, 11) is -1.93. The highest BCUT2D eigenvalue weighted by Gasteiger charge is 2.42. The van der Waals surface area contributed by atoms with Gasteiger partial charge in [-0.25, -0.2) is 8.42 Å². The van der Waals surface area contributed by atoms with E-state index in [1.54, 1.807) is 44.4 Å². The topological polar surface area (TPSA) is 85.5 Å². The van der Waals surface area contributed by atoms with Crippen molar-refractivity contribution in [1.82, 2.24) is 14.5 Å². The molecule has 2 aromatic rings. The maximum atomic E-state index is 12.8. The van der Waals surface area contributed by atoms with Crippen LogP contribution < -0.4 is 0 Å². The van der Waals surface area contributed by atoms with E-state index in [2.05, 4.69) is 10.2 Å². The molecule has 0 unspecified atom stereocenters. The molecule has 3 rings (SSSR count). The molecule has 1 aromatic heterocycles. The molecule has 8 heteroatoms. The summed E-state index contributed by atoms with van der Waals surface area (Å²) in [5, 5.41) is 7.90. The maximum Gasteiger partial charge on any atom is 0.243 e. The van der Waals surface area contributed by atoms with Crippen molar-refractivity contribution in [3.63, 3.8) is 0 Å². The lowest BCUT2D eigenvalue weighted by atomic mass is 9.97. The number of nitrogens with zero attached hydrogens (tertiary/aromatic N) is 3. The van der Waals surface area contributed by atoms with E-state index in [0.29, 0.717) is 36.4 Å². The molecule has 1 aliphatic rings. The van der Waals surface area contributed by atoms with Crippen molar-refractivity contribution in [2.45, 2.75) is 17.7 Å². The summed E-state index contributed by atoms with van der Waals surface area (Å²) in [6.45, 7) is 2.84. The zero-order valence-electron chi connectivity index (χ0n) is 13.0. The summed E-state index contributed by atoms with van der Waals surface area (Å²) in [4.78, 5) is 0.290. The fraction of sp³-hybridized carbons (Fsp3) is 0.467. The van der Waals surface area contributed by atoms with Crippen LogP contribution in [-0.4, -0.2) is 49.7 Å². The van der Waals surface area contributed by atoms with Gasteiger partial charge >= 0.3 is 0 Å². The lowest BCUT2D eigenvalue weighted by Crippen LogP contribution is -2.29. The Bertz CT molecular complexity index is 760. The van der Waals surface area contributed by atoms with E-state index in [1.807, 2.05) is 0 Å². The van der Waals surface area contributed by atoms with Crippen LogP contribution in [0.4, 0.5) is 0 Å². The average molecular weight is 337 g/mol. The number of hydrogen-bond acceptors (Lipinski definition) is 6. The van der Waals surface area contributed by atoms with E-state index in [1.165, 1.54) is 4.31 Å². The number of sulfonamides is 1. The number of aromatic nitrogens is 2. The van der Waals surface area contributed by atoms with Crippen molar-refractivity contribution in [1.29, 1.82) is 0 Å². The van der Waals surface area contributed by atoms with Crippen molar-refractivity contribution in [2.75, 3.05) is 26.8 Å². The predicted molar refractivity (Wildman–Crippen MR) is 82.3 cm³/mol. The second kappa shape index (κ2) is 6.38. The van der Waals surface area contributed by atoms with Crippen LogP contribution >= 0.6 is 0 Å². The molecule has 2 atom stereocenters. The van der Waals surface area contributed by atoms with Gasteiger partial charge in [-0.15, -0.1) is 10.2 Å². The second-order valence-corrected chi connectivity index (χ2v) is 7.55. The van der Waals surface area contributed by atoms with Crippen LogP contribution in [-0.2, 0) is 14.8 Å². The Morgan fingerprint density at radius 1 is 1.26 bits per heavy atom. The third-order valence-electron chi connectivity index (χ3n) is 4.03. The van der Waals surface area contributed by atoms with Gasteiger partial charge in [-0.2, -0.15) is 4.31 Å². The molecule has 7 nitrogen and oxygen atoms in total. The van der Waals surface area contributed by atoms with Crippen molar-refractivity contribution in [3.05, 3.63) is 42.1 Å². The molecule has 23 heavy (non-hydrogen) atoms. The minimum atomic E-state index is -3.54. The number of ether oxygens (including phenoxy) is 1. The van der Waals surface area contributed by atoms with Gasteiger partial charge in [0, 0.05) is 33.0 Å². The maximum absolute atomic E-state index is 12.8. The largest absolute Gasteiger partial charge is 0.425 e. The average Bonchev–Trinajstić information content (AvgIpc) is 3.15. The summed E-state index contributed by atoms with van der Waals surface area (Å²) in [6.07, 6.45) is 0. The molecule has 0 spiro atoms. The summed E-state index contributed by atoms with van der Waals surface area (Å²) in [5.41, 5.74) is 0. The molecular formula is C15H19N3O4S. The van der Waals surface area contributed by atoms with Crippen LogP contribution in [0, 0.1) is 12.8 Å². The number of hydrogen-bond donors (Lipinski definition) is 0. The zero-order chi connectivity index (χ0) is 16.4.